The highest BCUT2D eigenvalue weighted by Crippen LogP contribution is 2.22. The van der Waals surface area contributed by atoms with Gasteiger partial charge in [-0.3, -0.25) is 4.79 Å². The SMILES string of the molecule is Cc1noc(C(C)C)c1C(=O)NCC(CC(C)C)N(C)C. The van der Waals surface area contributed by atoms with Gasteiger partial charge in [0.05, 0.1) is 5.69 Å². The summed E-state index contributed by atoms with van der Waals surface area (Å²) in [6.07, 6.45) is 1.05. The smallest absolute Gasteiger partial charge is 0.256 e. The highest BCUT2D eigenvalue weighted by atomic mass is 16.5. The first kappa shape index (κ1) is 17.7. The number of hydrogen-bond acceptors (Lipinski definition) is 4. The van der Waals surface area contributed by atoms with Crippen molar-refractivity contribution >= 4 is 5.91 Å². The third-order valence-corrected chi connectivity index (χ3v) is 3.61. The van der Waals surface area contributed by atoms with Gasteiger partial charge in [0, 0.05) is 18.5 Å². The number of aryl methyl sites for hydroxylation is 1. The van der Waals surface area contributed by atoms with Crippen LogP contribution >= 0.6 is 0 Å². The first-order chi connectivity index (χ1) is 9.73. The van der Waals surface area contributed by atoms with Crippen molar-refractivity contribution in [3.63, 3.8) is 0 Å². The van der Waals surface area contributed by atoms with Gasteiger partial charge in [0.2, 0.25) is 0 Å². The number of likely N-dealkylation sites (N-methyl/N-ethyl adjacent to an activating group) is 1. The fraction of sp³-hybridized carbons (Fsp3) is 0.750. The molecular weight excluding hydrogens is 266 g/mol. The van der Waals surface area contributed by atoms with Gasteiger partial charge < -0.3 is 14.7 Å². The number of amides is 1. The molecule has 0 saturated carbocycles. The maximum Gasteiger partial charge on any atom is 0.256 e. The van der Waals surface area contributed by atoms with E-state index >= 15 is 0 Å². The molecule has 21 heavy (non-hydrogen) atoms. The van der Waals surface area contributed by atoms with Gasteiger partial charge in [-0.05, 0) is 33.4 Å². The van der Waals surface area contributed by atoms with Crippen LogP contribution < -0.4 is 5.32 Å². The summed E-state index contributed by atoms with van der Waals surface area (Å²) in [6, 6.07) is 0.330. The van der Waals surface area contributed by atoms with E-state index in [1.807, 2.05) is 34.9 Å². The Morgan fingerprint density at radius 2 is 1.90 bits per heavy atom. The van der Waals surface area contributed by atoms with Crippen molar-refractivity contribution in [2.24, 2.45) is 5.92 Å². The van der Waals surface area contributed by atoms with E-state index in [2.05, 4.69) is 29.2 Å². The van der Waals surface area contributed by atoms with E-state index in [-0.39, 0.29) is 11.8 Å². The minimum atomic E-state index is -0.0898. The second-order valence-corrected chi connectivity index (χ2v) is 6.62. The molecule has 1 unspecified atom stereocenters. The molecule has 1 rings (SSSR count). The highest BCUT2D eigenvalue weighted by molar-refractivity contribution is 5.96. The van der Waals surface area contributed by atoms with E-state index in [1.165, 1.54) is 0 Å². The van der Waals surface area contributed by atoms with Crippen LogP contribution in [0.2, 0.25) is 0 Å². The first-order valence-corrected chi connectivity index (χ1v) is 7.64. The Hall–Kier alpha value is -1.36. The predicted octanol–water partition coefficient (Wildman–Crippen LogP) is 2.81. The van der Waals surface area contributed by atoms with Crippen molar-refractivity contribution in [1.82, 2.24) is 15.4 Å². The standard InChI is InChI=1S/C16H29N3O2/c1-10(2)8-13(19(6)7)9-17-16(20)14-12(5)18-21-15(14)11(3)4/h10-11,13H,8-9H2,1-7H3,(H,17,20). The molecule has 0 bridgehead atoms. The zero-order chi connectivity index (χ0) is 16.2. The summed E-state index contributed by atoms with van der Waals surface area (Å²) in [7, 11) is 4.09. The number of hydrogen-bond donors (Lipinski definition) is 1. The van der Waals surface area contributed by atoms with Crippen LogP contribution in [0.15, 0.2) is 4.52 Å². The average Bonchev–Trinajstić information content (AvgIpc) is 2.75. The molecule has 0 spiro atoms. The quantitative estimate of drug-likeness (QED) is 0.840. The second kappa shape index (κ2) is 7.59. The number of rotatable bonds is 7. The van der Waals surface area contributed by atoms with Crippen LogP contribution in [0.25, 0.3) is 0 Å². The second-order valence-electron chi connectivity index (χ2n) is 6.62. The molecule has 1 N–H and O–H groups in total. The van der Waals surface area contributed by atoms with Gasteiger partial charge in [-0.25, -0.2) is 0 Å². The van der Waals surface area contributed by atoms with Gasteiger partial charge in [-0.15, -0.1) is 0 Å². The van der Waals surface area contributed by atoms with Gasteiger partial charge in [-0.2, -0.15) is 0 Å². The Kier molecular flexibility index (Phi) is 6.40. The maximum absolute atomic E-state index is 12.4. The number of carbonyl (C=O) groups is 1. The van der Waals surface area contributed by atoms with Gasteiger partial charge in [0.25, 0.3) is 5.91 Å². The molecule has 1 aromatic heterocycles. The monoisotopic (exact) mass is 295 g/mol. The first-order valence-electron chi connectivity index (χ1n) is 7.64. The number of aromatic nitrogens is 1. The van der Waals surface area contributed by atoms with Crippen molar-refractivity contribution in [2.75, 3.05) is 20.6 Å². The minimum absolute atomic E-state index is 0.0898. The topological polar surface area (TPSA) is 58.4 Å². The lowest BCUT2D eigenvalue weighted by molar-refractivity contribution is 0.0935. The highest BCUT2D eigenvalue weighted by Gasteiger charge is 2.23. The zero-order valence-corrected chi connectivity index (χ0v) is 14.4. The summed E-state index contributed by atoms with van der Waals surface area (Å²) in [5.74, 6) is 1.31. The van der Waals surface area contributed by atoms with Crippen molar-refractivity contribution < 1.29 is 9.32 Å². The van der Waals surface area contributed by atoms with E-state index in [9.17, 15) is 4.79 Å². The third-order valence-electron chi connectivity index (χ3n) is 3.61. The molecule has 5 heteroatoms. The molecule has 0 aromatic carbocycles. The molecule has 5 nitrogen and oxygen atoms in total. The molecule has 0 radical (unpaired) electrons. The van der Waals surface area contributed by atoms with Crippen molar-refractivity contribution in [2.45, 2.75) is 53.0 Å². The maximum atomic E-state index is 12.4. The summed E-state index contributed by atoms with van der Waals surface area (Å²) in [6.45, 7) is 10.8. The lowest BCUT2D eigenvalue weighted by atomic mass is 10.0. The molecule has 0 aliphatic heterocycles. The van der Waals surface area contributed by atoms with Crippen LogP contribution in [0.4, 0.5) is 0 Å². The molecule has 0 fully saturated rings. The van der Waals surface area contributed by atoms with Crippen LogP contribution in [-0.4, -0.2) is 42.6 Å². The van der Waals surface area contributed by atoms with Crippen LogP contribution in [0, 0.1) is 12.8 Å². The van der Waals surface area contributed by atoms with E-state index in [0.29, 0.717) is 35.5 Å². The summed E-state index contributed by atoms with van der Waals surface area (Å²) < 4.78 is 5.28. The van der Waals surface area contributed by atoms with Crippen LogP contribution in [0.3, 0.4) is 0 Å². The predicted molar refractivity (Wildman–Crippen MR) is 84.6 cm³/mol. The van der Waals surface area contributed by atoms with E-state index in [0.717, 1.165) is 6.42 Å². The molecule has 0 aliphatic rings. The molecule has 1 heterocycles. The van der Waals surface area contributed by atoms with Gasteiger partial charge in [-0.1, -0.05) is 32.9 Å². The van der Waals surface area contributed by atoms with Crippen LogP contribution in [0.5, 0.6) is 0 Å². The van der Waals surface area contributed by atoms with Gasteiger partial charge in [0.1, 0.15) is 5.56 Å². The molecule has 1 atom stereocenters. The summed E-state index contributed by atoms with van der Waals surface area (Å²) in [4.78, 5) is 14.6. The van der Waals surface area contributed by atoms with Crippen LogP contribution in [0.1, 0.15) is 61.8 Å². The minimum Gasteiger partial charge on any atom is -0.360 e. The van der Waals surface area contributed by atoms with E-state index in [4.69, 9.17) is 4.52 Å². The average molecular weight is 295 g/mol. The third kappa shape index (κ3) is 4.84. The Morgan fingerprint density at radius 3 is 2.38 bits per heavy atom. The normalized spacial score (nSPS) is 13.2. The summed E-state index contributed by atoms with van der Waals surface area (Å²) >= 11 is 0. The fourth-order valence-electron chi connectivity index (χ4n) is 2.38. The summed E-state index contributed by atoms with van der Waals surface area (Å²) in [5, 5.41) is 6.95. The lowest BCUT2D eigenvalue weighted by Gasteiger charge is -2.26. The molecule has 1 aromatic rings. The Balaban J connectivity index is 2.75. The van der Waals surface area contributed by atoms with Crippen molar-refractivity contribution in [1.29, 1.82) is 0 Å². The molecule has 1 amide bonds. The Morgan fingerprint density at radius 1 is 1.29 bits per heavy atom. The van der Waals surface area contributed by atoms with Gasteiger partial charge in [0.15, 0.2) is 5.76 Å². The van der Waals surface area contributed by atoms with E-state index in [1.54, 1.807) is 0 Å². The molecule has 0 saturated heterocycles. The number of nitrogens with zero attached hydrogens (tertiary/aromatic N) is 2. The van der Waals surface area contributed by atoms with E-state index < -0.39 is 0 Å². The van der Waals surface area contributed by atoms with Crippen LogP contribution in [-0.2, 0) is 0 Å². The molecule has 0 aliphatic carbocycles. The fourth-order valence-corrected chi connectivity index (χ4v) is 2.38. The Bertz CT molecular complexity index is 464. The number of carbonyl (C=O) groups excluding carboxylic acids is 1. The lowest BCUT2D eigenvalue weighted by Crippen LogP contribution is -2.41. The van der Waals surface area contributed by atoms with Crippen molar-refractivity contribution in [3.8, 4) is 0 Å². The summed E-state index contributed by atoms with van der Waals surface area (Å²) in [5.41, 5.74) is 1.24. The van der Waals surface area contributed by atoms with Crippen molar-refractivity contribution in [3.05, 3.63) is 17.0 Å². The number of nitrogens with one attached hydrogen (secondary N) is 1. The molecular formula is C16H29N3O2. The largest absolute Gasteiger partial charge is 0.360 e. The zero-order valence-electron chi connectivity index (χ0n) is 14.4. The van der Waals surface area contributed by atoms with Gasteiger partial charge >= 0.3 is 0 Å². The Labute approximate surface area is 128 Å². The molecule has 120 valence electrons.